The number of nitrogens with two attached hydrogens (primary N) is 1. The molecule has 2 aromatic rings. The first-order valence-corrected chi connectivity index (χ1v) is 9.43. The zero-order valence-corrected chi connectivity index (χ0v) is 15.5. The minimum Gasteiger partial charge on any atom is -0.370 e. The predicted molar refractivity (Wildman–Crippen MR) is 110 cm³/mol. The van der Waals surface area contributed by atoms with E-state index in [2.05, 4.69) is 27.8 Å². The van der Waals surface area contributed by atoms with Gasteiger partial charge in [-0.25, -0.2) is 9.79 Å². The number of hydrogen-bond acceptors (Lipinski definition) is 2. The van der Waals surface area contributed by atoms with E-state index >= 15 is 0 Å². The molecule has 0 saturated carbocycles. The number of carbonyl (C=O) groups is 1. The molecule has 2 aromatic carbocycles. The highest BCUT2D eigenvalue weighted by atomic mass is 16.2. The molecule has 6 heteroatoms. The fourth-order valence-electron chi connectivity index (χ4n) is 3.08. The van der Waals surface area contributed by atoms with Gasteiger partial charge in [0.25, 0.3) is 0 Å². The topological polar surface area (TPSA) is 82.7 Å². The van der Waals surface area contributed by atoms with Crippen LogP contribution in [0.4, 0.5) is 10.5 Å². The van der Waals surface area contributed by atoms with Crippen LogP contribution in [0.5, 0.6) is 0 Å². The summed E-state index contributed by atoms with van der Waals surface area (Å²) in [5, 5.41) is 6.09. The molecule has 0 aromatic heterocycles. The van der Waals surface area contributed by atoms with E-state index in [9.17, 15) is 4.79 Å². The summed E-state index contributed by atoms with van der Waals surface area (Å²) < 4.78 is 0. The van der Waals surface area contributed by atoms with Crippen molar-refractivity contribution in [2.75, 3.05) is 25.0 Å². The molecule has 27 heavy (non-hydrogen) atoms. The molecule has 142 valence electrons. The molecule has 0 spiro atoms. The summed E-state index contributed by atoms with van der Waals surface area (Å²) in [7, 11) is 0. The first kappa shape index (κ1) is 18.8. The second kappa shape index (κ2) is 9.62. The van der Waals surface area contributed by atoms with E-state index in [1.807, 2.05) is 47.4 Å². The van der Waals surface area contributed by atoms with Crippen molar-refractivity contribution in [3.8, 4) is 0 Å². The van der Waals surface area contributed by atoms with Crippen molar-refractivity contribution < 1.29 is 4.79 Å². The fourth-order valence-corrected chi connectivity index (χ4v) is 3.08. The lowest BCUT2D eigenvalue weighted by atomic mass is 10.1. The summed E-state index contributed by atoms with van der Waals surface area (Å²) in [5.74, 6) is 0.428. The van der Waals surface area contributed by atoms with E-state index in [1.165, 1.54) is 5.56 Å². The van der Waals surface area contributed by atoms with Crippen LogP contribution in [-0.2, 0) is 13.0 Å². The number of nitrogens with zero attached hydrogens (tertiary/aromatic N) is 2. The molecular weight excluding hydrogens is 338 g/mol. The van der Waals surface area contributed by atoms with E-state index < -0.39 is 0 Å². The van der Waals surface area contributed by atoms with Crippen molar-refractivity contribution in [2.45, 2.75) is 25.8 Å². The van der Waals surface area contributed by atoms with Crippen molar-refractivity contribution in [3.05, 3.63) is 65.7 Å². The van der Waals surface area contributed by atoms with E-state index in [0.717, 1.165) is 50.1 Å². The number of carbonyl (C=O) groups excluding carboxylic acids is 1. The maximum Gasteiger partial charge on any atom is 0.321 e. The minimum absolute atomic E-state index is 0.0322. The van der Waals surface area contributed by atoms with Crippen LogP contribution >= 0.6 is 0 Å². The molecule has 0 unspecified atom stereocenters. The monoisotopic (exact) mass is 365 g/mol. The van der Waals surface area contributed by atoms with Crippen LogP contribution in [0.15, 0.2) is 59.6 Å². The summed E-state index contributed by atoms with van der Waals surface area (Å²) >= 11 is 0. The van der Waals surface area contributed by atoms with Gasteiger partial charge in [-0.2, -0.15) is 0 Å². The van der Waals surface area contributed by atoms with Crippen molar-refractivity contribution in [2.24, 2.45) is 10.7 Å². The second-order valence-corrected chi connectivity index (χ2v) is 6.69. The second-order valence-electron chi connectivity index (χ2n) is 6.69. The lowest BCUT2D eigenvalue weighted by molar-refractivity contribution is 0.222. The number of rotatable bonds is 6. The SMILES string of the molecule is NC(=NCc1cccc(NC(=O)N2CCCC2)c1)NCCc1ccccc1. The van der Waals surface area contributed by atoms with Gasteiger partial charge in [0.2, 0.25) is 0 Å². The fraction of sp³-hybridized carbons (Fsp3) is 0.333. The van der Waals surface area contributed by atoms with Crippen LogP contribution in [0.25, 0.3) is 0 Å². The largest absolute Gasteiger partial charge is 0.370 e. The third-order valence-corrected chi connectivity index (χ3v) is 4.57. The number of urea groups is 1. The zero-order valence-electron chi connectivity index (χ0n) is 15.5. The third-order valence-electron chi connectivity index (χ3n) is 4.57. The normalized spacial score (nSPS) is 14.2. The summed E-state index contributed by atoms with van der Waals surface area (Å²) in [6, 6.07) is 18.0. The number of aliphatic imine (C=N–C) groups is 1. The van der Waals surface area contributed by atoms with Crippen LogP contribution < -0.4 is 16.4 Å². The number of likely N-dealkylation sites (tertiary alicyclic amines) is 1. The highest BCUT2D eigenvalue weighted by Gasteiger charge is 2.17. The van der Waals surface area contributed by atoms with E-state index in [0.29, 0.717) is 12.5 Å². The van der Waals surface area contributed by atoms with Crippen LogP contribution in [0, 0.1) is 0 Å². The third kappa shape index (κ3) is 6.02. The Morgan fingerprint density at radius 2 is 1.78 bits per heavy atom. The van der Waals surface area contributed by atoms with Crippen LogP contribution in [0.3, 0.4) is 0 Å². The molecule has 1 aliphatic rings. The molecule has 4 N–H and O–H groups in total. The van der Waals surface area contributed by atoms with Gasteiger partial charge in [0.15, 0.2) is 5.96 Å². The lowest BCUT2D eigenvalue weighted by Gasteiger charge is -2.16. The molecule has 1 aliphatic heterocycles. The average molecular weight is 365 g/mol. The number of amides is 2. The summed E-state index contributed by atoms with van der Waals surface area (Å²) in [6.07, 6.45) is 3.06. The molecule has 0 bridgehead atoms. The molecule has 2 amide bonds. The standard InChI is InChI=1S/C21H27N5O/c22-20(23-12-11-17-7-2-1-3-8-17)24-16-18-9-6-10-19(15-18)25-21(27)26-13-4-5-14-26/h1-3,6-10,15H,4-5,11-14,16H2,(H,25,27)(H3,22,23,24). The molecule has 1 fully saturated rings. The van der Waals surface area contributed by atoms with Gasteiger partial charge in [-0.05, 0) is 42.5 Å². The first-order chi connectivity index (χ1) is 13.2. The van der Waals surface area contributed by atoms with Gasteiger partial charge in [0.1, 0.15) is 0 Å². The first-order valence-electron chi connectivity index (χ1n) is 9.43. The van der Waals surface area contributed by atoms with Gasteiger partial charge in [0.05, 0.1) is 6.54 Å². The van der Waals surface area contributed by atoms with E-state index in [4.69, 9.17) is 5.73 Å². The molecular formula is C21H27N5O. The quantitative estimate of drug-likeness (QED) is 0.544. The van der Waals surface area contributed by atoms with E-state index in [1.54, 1.807) is 0 Å². The number of nitrogens with one attached hydrogen (secondary N) is 2. The molecule has 0 aliphatic carbocycles. The summed E-state index contributed by atoms with van der Waals surface area (Å²) in [5.41, 5.74) is 9.00. The number of guanidine groups is 1. The Bertz CT molecular complexity index is 769. The Labute approximate surface area is 160 Å². The van der Waals surface area contributed by atoms with Crippen LogP contribution in [-0.4, -0.2) is 36.5 Å². The predicted octanol–water partition coefficient (Wildman–Crippen LogP) is 2.96. The lowest BCUT2D eigenvalue weighted by Crippen LogP contribution is -2.33. The van der Waals surface area contributed by atoms with Gasteiger partial charge in [-0.3, -0.25) is 0 Å². The molecule has 6 nitrogen and oxygen atoms in total. The Kier molecular flexibility index (Phi) is 6.68. The minimum atomic E-state index is -0.0322. The smallest absolute Gasteiger partial charge is 0.321 e. The van der Waals surface area contributed by atoms with Crippen LogP contribution in [0.2, 0.25) is 0 Å². The highest BCUT2D eigenvalue weighted by Crippen LogP contribution is 2.14. The van der Waals surface area contributed by atoms with E-state index in [-0.39, 0.29) is 6.03 Å². The van der Waals surface area contributed by atoms with Crippen LogP contribution in [0.1, 0.15) is 24.0 Å². The van der Waals surface area contributed by atoms with Gasteiger partial charge < -0.3 is 21.3 Å². The zero-order chi connectivity index (χ0) is 18.9. The molecule has 0 atom stereocenters. The Morgan fingerprint density at radius 1 is 1.04 bits per heavy atom. The van der Waals surface area contributed by atoms with Crippen molar-refractivity contribution >= 4 is 17.7 Å². The van der Waals surface area contributed by atoms with Crippen molar-refractivity contribution in [3.63, 3.8) is 0 Å². The van der Waals surface area contributed by atoms with Crippen molar-refractivity contribution in [1.29, 1.82) is 0 Å². The van der Waals surface area contributed by atoms with Gasteiger partial charge >= 0.3 is 6.03 Å². The number of hydrogen-bond donors (Lipinski definition) is 3. The van der Waals surface area contributed by atoms with Gasteiger partial charge in [-0.15, -0.1) is 0 Å². The van der Waals surface area contributed by atoms with Gasteiger partial charge in [0, 0.05) is 25.3 Å². The average Bonchev–Trinajstić information content (AvgIpc) is 3.23. The molecule has 3 rings (SSSR count). The Balaban J connectivity index is 1.46. The Hall–Kier alpha value is -3.02. The van der Waals surface area contributed by atoms with Gasteiger partial charge in [-0.1, -0.05) is 42.5 Å². The summed E-state index contributed by atoms with van der Waals surface area (Å²) in [6.45, 7) is 2.88. The number of anilines is 1. The number of benzene rings is 2. The molecule has 0 radical (unpaired) electrons. The summed E-state index contributed by atoms with van der Waals surface area (Å²) in [4.78, 5) is 18.4. The highest BCUT2D eigenvalue weighted by molar-refractivity contribution is 5.89. The maximum absolute atomic E-state index is 12.2. The maximum atomic E-state index is 12.2. The Morgan fingerprint density at radius 3 is 2.56 bits per heavy atom. The van der Waals surface area contributed by atoms with Crippen molar-refractivity contribution in [1.82, 2.24) is 10.2 Å². The molecule has 1 saturated heterocycles. The molecule has 1 heterocycles.